The van der Waals surface area contributed by atoms with Crippen LogP contribution in [0.15, 0.2) is 24.3 Å². The van der Waals surface area contributed by atoms with E-state index in [9.17, 15) is 9.59 Å². The smallest absolute Gasteiger partial charge is 0.304 e. The van der Waals surface area contributed by atoms with Gasteiger partial charge in [0.05, 0.1) is 13.0 Å². The number of carbonyl (C=O) groups excluding carboxylic acids is 1. The third-order valence-corrected chi connectivity index (χ3v) is 3.22. The van der Waals surface area contributed by atoms with Crippen molar-refractivity contribution in [2.24, 2.45) is 0 Å². The molecular formula is C15H21ClN2O3. The first kappa shape index (κ1) is 17.5. The highest BCUT2D eigenvalue weighted by Gasteiger charge is 2.24. The minimum atomic E-state index is -0.875. The number of anilines is 1. The van der Waals surface area contributed by atoms with E-state index in [1.807, 2.05) is 25.7 Å². The average molecular weight is 313 g/mol. The van der Waals surface area contributed by atoms with Crippen LogP contribution in [0.5, 0.6) is 0 Å². The lowest BCUT2D eigenvalue weighted by atomic mass is 10.1. The van der Waals surface area contributed by atoms with Gasteiger partial charge in [0.25, 0.3) is 0 Å². The molecule has 0 heterocycles. The topological polar surface area (TPSA) is 69.6 Å². The van der Waals surface area contributed by atoms with Gasteiger partial charge in [0, 0.05) is 22.8 Å². The van der Waals surface area contributed by atoms with Crippen molar-refractivity contribution in [2.45, 2.75) is 32.7 Å². The summed E-state index contributed by atoms with van der Waals surface area (Å²) in [5.74, 6) is -1.07. The summed E-state index contributed by atoms with van der Waals surface area (Å²) in [7, 11) is 0. The number of nitrogens with one attached hydrogen (secondary N) is 1. The zero-order valence-electron chi connectivity index (χ0n) is 12.5. The quantitative estimate of drug-likeness (QED) is 0.847. The Balaban J connectivity index is 2.65. The summed E-state index contributed by atoms with van der Waals surface area (Å²) in [6.07, 6.45) is 0.00170. The van der Waals surface area contributed by atoms with Crippen LogP contribution in [-0.4, -0.2) is 40.5 Å². The van der Waals surface area contributed by atoms with Gasteiger partial charge in [-0.1, -0.05) is 17.7 Å². The lowest BCUT2D eigenvalue weighted by molar-refractivity contribution is -0.138. The van der Waals surface area contributed by atoms with Crippen molar-refractivity contribution in [3.05, 3.63) is 29.3 Å². The summed E-state index contributed by atoms with van der Waals surface area (Å²) in [5, 5.41) is 12.1. The number of nitrogens with zero attached hydrogens (tertiary/aromatic N) is 1. The molecule has 6 heteroatoms. The van der Waals surface area contributed by atoms with Crippen molar-refractivity contribution in [3.63, 3.8) is 0 Å². The molecule has 0 aliphatic heterocycles. The first-order valence-electron chi connectivity index (χ1n) is 6.71. The highest BCUT2D eigenvalue weighted by molar-refractivity contribution is 6.30. The number of rotatable bonds is 6. The fourth-order valence-electron chi connectivity index (χ4n) is 1.82. The van der Waals surface area contributed by atoms with Gasteiger partial charge in [0.15, 0.2) is 0 Å². The Hall–Kier alpha value is -1.59. The first-order valence-corrected chi connectivity index (χ1v) is 7.08. The summed E-state index contributed by atoms with van der Waals surface area (Å²) in [5.41, 5.74) is 0.334. The molecule has 0 aliphatic carbocycles. The van der Waals surface area contributed by atoms with Crippen LogP contribution >= 0.6 is 11.6 Å². The number of carboxylic acid groups (broad SMARTS) is 1. The molecule has 0 bridgehead atoms. The molecule has 2 N–H and O–H groups in total. The van der Waals surface area contributed by atoms with Crippen LogP contribution in [-0.2, 0) is 9.59 Å². The molecule has 0 aromatic heterocycles. The number of hydrogen-bond acceptors (Lipinski definition) is 3. The lowest BCUT2D eigenvalue weighted by Gasteiger charge is -2.34. The summed E-state index contributed by atoms with van der Waals surface area (Å²) in [6, 6.07) is 6.90. The van der Waals surface area contributed by atoms with Gasteiger partial charge in [0.1, 0.15) is 0 Å². The van der Waals surface area contributed by atoms with Crippen LogP contribution in [0.1, 0.15) is 27.2 Å². The van der Waals surface area contributed by atoms with E-state index in [1.54, 1.807) is 24.3 Å². The van der Waals surface area contributed by atoms with Crippen LogP contribution in [0.25, 0.3) is 0 Å². The van der Waals surface area contributed by atoms with Crippen LogP contribution in [0.3, 0.4) is 0 Å². The van der Waals surface area contributed by atoms with Crippen LogP contribution in [0, 0.1) is 0 Å². The highest BCUT2D eigenvalue weighted by atomic mass is 35.5. The molecule has 21 heavy (non-hydrogen) atoms. The number of halogens is 1. The second-order valence-electron chi connectivity index (χ2n) is 5.79. The molecule has 0 unspecified atom stereocenters. The second kappa shape index (κ2) is 7.43. The Morgan fingerprint density at radius 3 is 2.52 bits per heavy atom. The summed E-state index contributed by atoms with van der Waals surface area (Å²) in [4.78, 5) is 24.6. The number of hydrogen-bond donors (Lipinski definition) is 2. The Morgan fingerprint density at radius 1 is 1.33 bits per heavy atom. The Morgan fingerprint density at radius 2 is 2.00 bits per heavy atom. The maximum absolute atomic E-state index is 12.1. The maximum atomic E-state index is 12.1. The summed E-state index contributed by atoms with van der Waals surface area (Å²) >= 11 is 5.86. The van der Waals surface area contributed by atoms with Gasteiger partial charge in [-0.25, -0.2) is 0 Å². The molecule has 1 amide bonds. The second-order valence-corrected chi connectivity index (χ2v) is 6.23. The van der Waals surface area contributed by atoms with E-state index in [-0.39, 0.29) is 24.4 Å². The van der Waals surface area contributed by atoms with Crippen molar-refractivity contribution in [1.29, 1.82) is 0 Å². The van der Waals surface area contributed by atoms with Gasteiger partial charge in [0.2, 0.25) is 5.91 Å². The highest BCUT2D eigenvalue weighted by Crippen LogP contribution is 2.16. The molecule has 0 saturated carbocycles. The van der Waals surface area contributed by atoms with Gasteiger partial charge in [-0.15, -0.1) is 0 Å². The SMILES string of the molecule is CC(C)(C)N(CCC(=O)O)CC(=O)Nc1cccc(Cl)c1. The third-order valence-electron chi connectivity index (χ3n) is 2.99. The number of benzene rings is 1. The standard InChI is InChI=1S/C15H21ClN2O3/c1-15(2,3)18(8-7-14(20)21)10-13(19)17-12-6-4-5-11(16)9-12/h4-6,9H,7-8,10H2,1-3H3,(H,17,19)(H,20,21). The van der Waals surface area contributed by atoms with E-state index in [0.717, 1.165) is 0 Å². The molecule has 0 radical (unpaired) electrons. The minimum Gasteiger partial charge on any atom is -0.481 e. The predicted octanol–water partition coefficient (Wildman–Crippen LogP) is 2.85. The van der Waals surface area contributed by atoms with Crippen molar-refractivity contribution >= 4 is 29.2 Å². The van der Waals surface area contributed by atoms with Crippen molar-refractivity contribution in [1.82, 2.24) is 4.90 Å². The largest absolute Gasteiger partial charge is 0.481 e. The van der Waals surface area contributed by atoms with E-state index in [4.69, 9.17) is 16.7 Å². The molecule has 0 fully saturated rings. The zero-order valence-corrected chi connectivity index (χ0v) is 13.3. The predicted molar refractivity (Wildman–Crippen MR) is 83.7 cm³/mol. The van der Waals surface area contributed by atoms with E-state index in [2.05, 4.69) is 5.32 Å². The molecule has 0 atom stereocenters. The summed E-state index contributed by atoms with van der Waals surface area (Å²) < 4.78 is 0. The van der Waals surface area contributed by atoms with Gasteiger partial charge < -0.3 is 10.4 Å². The molecule has 116 valence electrons. The number of carbonyl (C=O) groups is 2. The molecular weight excluding hydrogens is 292 g/mol. The fraction of sp³-hybridized carbons (Fsp3) is 0.467. The third kappa shape index (κ3) is 6.60. The average Bonchev–Trinajstić information content (AvgIpc) is 2.32. The molecule has 5 nitrogen and oxygen atoms in total. The minimum absolute atomic E-state index is 0.00170. The monoisotopic (exact) mass is 312 g/mol. The zero-order chi connectivity index (χ0) is 16.0. The van der Waals surface area contributed by atoms with Crippen LogP contribution < -0.4 is 5.32 Å². The van der Waals surface area contributed by atoms with Crippen LogP contribution in [0.4, 0.5) is 5.69 Å². The Bertz CT molecular complexity index is 512. The van der Waals surface area contributed by atoms with Gasteiger partial charge >= 0.3 is 5.97 Å². The van der Waals surface area contributed by atoms with Crippen molar-refractivity contribution in [3.8, 4) is 0 Å². The fourth-order valence-corrected chi connectivity index (χ4v) is 2.01. The summed E-state index contributed by atoms with van der Waals surface area (Å²) in [6.45, 7) is 6.29. The maximum Gasteiger partial charge on any atom is 0.304 e. The van der Waals surface area contributed by atoms with Gasteiger partial charge in [-0.2, -0.15) is 0 Å². The number of amides is 1. The van der Waals surface area contributed by atoms with Crippen molar-refractivity contribution in [2.75, 3.05) is 18.4 Å². The van der Waals surface area contributed by atoms with E-state index >= 15 is 0 Å². The number of carboxylic acids is 1. The van der Waals surface area contributed by atoms with Crippen molar-refractivity contribution < 1.29 is 14.7 Å². The lowest BCUT2D eigenvalue weighted by Crippen LogP contribution is -2.46. The van der Waals surface area contributed by atoms with E-state index in [0.29, 0.717) is 17.3 Å². The molecule has 0 spiro atoms. The normalized spacial score (nSPS) is 11.5. The van der Waals surface area contributed by atoms with Gasteiger partial charge in [-0.3, -0.25) is 14.5 Å². The molecule has 0 saturated heterocycles. The Labute approximate surface area is 129 Å². The van der Waals surface area contributed by atoms with Gasteiger partial charge in [-0.05, 0) is 39.0 Å². The van der Waals surface area contributed by atoms with Crippen LogP contribution in [0.2, 0.25) is 5.02 Å². The van der Waals surface area contributed by atoms with E-state index < -0.39 is 5.97 Å². The molecule has 1 aromatic carbocycles. The number of aliphatic carboxylic acids is 1. The molecule has 1 rings (SSSR count). The Kier molecular flexibility index (Phi) is 6.18. The van der Waals surface area contributed by atoms with E-state index in [1.165, 1.54) is 0 Å². The molecule has 1 aromatic rings. The first-order chi connectivity index (χ1) is 9.68. The molecule has 0 aliphatic rings.